The van der Waals surface area contributed by atoms with E-state index in [2.05, 4.69) is 44.5 Å². The van der Waals surface area contributed by atoms with E-state index in [1.807, 2.05) is 6.20 Å². The fourth-order valence-electron chi connectivity index (χ4n) is 1.52. The molecule has 0 bridgehead atoms. The van der Waals surface area contributed by atoms with Crippen molar-refractivity contribution in [3.63, 3.8) is 0 Å². The lowest BCUT2D eigenvalue weighted by atomic mass is 10.1. The van der Waals surface area contributed by atoms with E-state index in [1.54, 1.807) is 6.33 Å². The molecule has 0 aliphatic carbocycles. The van der Waals surface area contributed by atoms with Crippen LogP contribution in [0.15, 0.2) is 12.5 Å². The van der Waals surface area contributed by atoms with Gasteiger partial charge in [0.1, 0.15) is 12.0 Å². The Morgan fingerprint density at radius 1 is 1.43 bits per heavy atom. The standard InChI is InChI=1S/C10H12IN3/c1-2-3-4-8-9-7(11)5-12-10(9)14-6-13-8/h5-6H,2-4H2,1H3,(H,12,13,14). The van der Waals surface area contributed by atoms with Crippen molar-refractivity contribution in [3.8, 4) is 0 Å². The van der Waals surface area contributed by atoms with Crippen LogP contribution < -0.4 is 0 Å². The quantitative estimate of drug-likeness (QED) is 0.886. The summed E-state index contributed by atoms with van der Waals surface area (Å²) in [6.07, 6.45) is 7.05. The highest BCUT2D eigenvalue weighted by Gasteiger charge is 2.07. The van der Waals surface area contributed by atoms with E-state index in [0.29, 0.717) is 0 Å². The monoisotopic (exact) mass is 301 g/mol. The molecule has 14 heavy (non-hydrogen) atoms. The predicted octanol–water partition coefficient (Wildman–Crippen LogP) is 2.91. The van der Waals surface area contributed by atoms with Gasteiger partial charge in [-0.05, 0) is 35.4 Å². The molecule has 0 spiro atoms. The normalized spacial score (nSPS) is 11.0. The number of halogens is 1. The fourth-order valence-corrected chi connectivity index (χ4v) is 2.24. The maximum absolute atomic E-state index is 4.34. The van der Waals surface area contributed by atoms with Crippen LogP contribution in [-0.2, 0) is 6.42 Å². The van der Waals surface area contributed by atoms with Crippen molar-refractivity contribution in [3.05, 3.63) is 21.8 Å². The number of nitrogens with one attached hydrogen (secondary N) is 1. The number of nitrogens with zero attached hydrogens (tertiary/aromatic N) is 2. The molecule has 0 aromatic carbocycles. The third-order valence-electron chi connectivity index (χ3n) is 2.27. The Hall–Kier alpha value is -0.650. The van der Waals surface area contributed by atoms with E-state index in [4.69, 9.17) is 0 Å². The number of aromatic amines is 1. The molecule has 0 fully saturated rings. The number of aromatic nitrogens is 3. The Kier molecular flexibility index (Phi) is 3.00. The molecule has 2 heterocycles. The van der Waals surface area contributed by atoms with Gasteiger partial charge in [0.25, 0.3) is 0 Å². The van der Waals surface area contributed by atoms with Crippen LogP contribution in [0.4, 0.5) is 0 Å². The van der Waals surface area contributed by atoms with Crippen molar-refractivity contribution in [2.45, 2.75) is 26.2 Å². The summed E-state index contributed by atoms with van der Waals surface area (Å²) in [5, 5.41) is 1.20. The molecule has 0 atom stereocenters. The Morgan fingerprint density at radius 3 is 3.07 bits per heavy atom. The van der Waals surface area contributed by atoms with Gasteiger partial charge in [0.05, 0.1) is 11.1 Å². The lowest BCUT2D eigenvalue weighted by molar-refractivity contribution is 0.779. The minimum Gasteiger partial charge on any atom is -0.345 e. The molecule has 4 heteroatoms. The first-order valence-corrected chi connectivity index (χ1v) is 5.87. The minimum absolute atomic E-state index is 0.954. The van der Waals surface area contributed by atoms with Crippen molar-refractivity contribution in [2.75, 3.05) is 0 Å². The van der Waals surface area contributed by atoms with Crippen molar-refractivity contribution >= 4 is 33.6 Å². The molecule has 74 valence electrons. The lowest BCUT2D eigenvalue weighted by Crippen LogP contribution is -1.93. The molecule has 0 saturated carbocycles. The highest BCUT2D eigenvalue weighted by atomic mass is 127. The van der Waals surface area contributed by atoms with Gasteiger partial charge in [0.2, 0.25) is 0 Å². The van der Waals surface area contributed by atoms with Crippen molar-refractivity contribution in [1.29, 1.82) is 0 Å². The number of hydrogen-bond donors (Lipinski definition) is 1. The van der Waals surface area contributed by atoms with Crippen molar-refractivity contribution in [1.82, 2.24) is 15.0 Å². The molecule has 1 N–H and O–H groups in total. The molecule has 0 amide bonds. The van der Waals surface area contributed by atoms with Gasteiger partial charge in [-0.25, -0.2) is 9.97 Å². The SMILES string of the molecule is CCCCc1ncnc2[nH]cc(I)c12. The Bertz CT molecular complexity index is 436. The molecule has 3 nitrogen and oxygen atoms in total. The number of unbranched alkanes of at least 4 members (excludes halogenated alkanes) is 1. The van der Waals surface area contributed by atoms with Crippen LogP contribution in [0.2, 0.25) is 0 Å². The summed E-state index contributed by atoms with van der Waals surface area (Å²) in [4.78, 5) is 11.7. The highest BCUT2D eigenvalue weighted by Crippen LogP contribution is 2.21. The third kappa shape index (κ3) is 1.75. The number of aryl methyl sites for hydroxylation is 1. The van der Waals surface area contributed by atoms with Crippen LogP contribution >= 0.6 is 22.6 Å². The van der Waals surface area contributed by atoms with E-state index in [9.17, 15) is 0 Å². The van der Waals surface area contributed by atoms with Gasteiger partial charge in [0.15, 0.2) is 0 Å². The smallest absolute Gasteiger partial charge is 0.142 e. The molecule has 2 aromatic rings. The van der Waals surface area contributed by atoms with Crippen LogP contribution in [0.25, 0.3) is 11.0 Å². The zero-order valence-corrected chi connectivity index (χ0v) is 10.2. The van der Waals surface area contributed by atoms with Gasteiger partial charge < -0.3 is 4.98 Å². The first kappa shape index (κ1) is 9.89. The zero-order chi connectivity index (χ0) is 9.97. The maximum Gasteiger partial charge on any atom is 0.142 e. The molecular formula is C10H12IN3. The fraction of sp³-hybridized carbons (Fsp3) is 0.400. The molecule has 0 aliphatic rings. The van der Waals surface area contributed by atoms with Crippen LogP contribution in [0.3, 0.4) is 0 Å². The predicted molar refractivity (Wildman–Crippen MR) is 65.2 cm³/mol. The van der Waals surface area contributed by atoms with Gasteiger partial charge in [-0.15, -0.1) is 0 Å². The second kappa shape index (κ2) is 4.25. The Labute approximate surface area is 96.5 Å². The second-order valence-corrected chi connectivity index (χ2v) is 4.45. The summed E-state index contributed by atoms with van der Waals surface area (Å²) >= 11 is 2.32. The summed E-state index contributed by atoms with van der Waals surface area (Å²) in [6.45, 7) is 2.19. The number of rotatable bonds is 3. The van der Waals surface area contributed by atoms with Crippen molar-refractivity contribution in [2.24, 2.45) is 0 Å². The summed E-state index contributed by atoms with van der Waals surface area (Å²) in [7, 11) is 0. The van der Waals surface area contributed by atoms with Gasteiger partial charge in [-0.2, -0.15) is 0 Å². The number of hydrogen-bond acceptors (Lipinski definition) is 2. The molecule has 0 aliphatic heterocycles. The lowest BCUT2D eigenvalue weighted by Gasteiger charge is -2.00. The summed E-state index contributed by atoms with van der Waals surface area (Å²) in [6, 6.07) is 0. The van der Waals surface area contributed by atoms with Crippen LogP contribution in [0.1, 0.15) is 25.5 Å². The molecule has 0 radical (unpaired) electrons. The third-order valence-corrected chi connectivity index (χ3v) is 3.12. The minimum atomic E-state index is 0.954. The molecule has 2 aromatic heterocycles. The molecule has 0 unspecified atom stereocenters. The largest absolute Gasteiger partial charge is 0.345 e. The van der Waals surface area contributed by atoms with Gasteiger partial charge >= 0.3 is 0 Å². The van der Waals surface area contributed by atoms with Gasteiger partial charge in [0, 0.05) is 9.77 Å². The topological polar surface area (TPSA) is 41.6 Å². The van der Waals surface area contributed by atoms with E-state index in [1.165, 1.54) is 27.5 Å². The summed E-state index contributed by atoms with van der Waals surface area (Å²) < 4.78 is 1.21. The van der Waals surface area contributed by atoms with E-state index in [-0.39, 0.29) is 0 Å². The van der Waals surface area contributed by atoms with E-state index < -0.39 is 0 Å². The molecule has 0 saturated heterocycles. The first-order chi connectivity index (χ1) is 6.83. The van der Waals surface area contributed by atoms with Gasteiger partial charge in [-0.3, -0.25) is 0 Å². The number of fused-ring (bicyclic) bond motifs is 1. The average Bonchev–Trinajstić information content (AvgIpc) is 2.58. The van der Waals surface area contributed by atoms with Crippen LogP contribution in [0, 0.1) is 3.57 Å². The maximum atomic E-state index is 4.34. The van der Waals surface area contributed by atoms with E-state index in [0.717, 1.165) is 12.1 Å². The Balaban J connectivity index is 2.46. The highest BCUT2D eigenvalue weighted by molar-refractivity contribution is 14.1. The first-order valence-electron chi connectivity index (χ1n) is 4.79. The van der Waals surface area contributed by atoms with Crippen LogP contribution in [-0.4, -0.2) is 15.0 Å². The molecular weight excluding hydrogens is 289 g/mol. The average molecular weight is 301 g/mol. The summed E-state index contributed by atoms with van der Waals surface area (Å²) in [5.74, 6) is 0. The van der Waals surface area contributed by atoms with Crippen molar-refractivity contribution < 1.29 is 0 Å². The summed E-state index contributed by atoms with van der Waals surface area (Å²) in [5.41, 5.74) is 2.12. The zero-order valence-electron chi connectivity index (χ0n) is 8.05. The Morgan fingerprint density at radius 2 is 2.29 bits per heavy atom. The van der Waals surface area contributed by atoms with Gasteiger partial charge in [-0.1, -0.05) is 13.3 Å². The number of H-pyrrole nitrogens is 1. The van der Waals surface area contributed by atoms with E-state index >= 15 is 0 Å². The molecule has 2 rings (SSSR count). The van der Waals surface area contributed by atoms with Crippen LogP contribution in [0.5, 0.6) is 0 Å². The second-order valence-electron chi connectivity index (χ2n) is 3.28.